The van der Waals surface area contributed by atoms with Gasteiger partial charge < -0.3 is 14.6 Å². The molecule has 0 atom stereocenters. The van der Waals surface area contributed by atoms with E-state index in [1.165, 1.54) is 16.8 Å². The molecule has 1 aromatic carbocycles. The van der Waals surface area contributed by atoms with Gasteiger partial charge in [-0.2, -0.15) is 0 Å². The summed E-state index contributed by atoms with van der Waals surface area (Å²) in [5.74, 6) is 1.08. The van der Waals surface area contributed by atoms with E-state index in [0.29, 0.717) is 0 Å². The molecule has 1 aliphatic rings. The van der Waals surface area contributed by atoms with Gasteiger partial charge in [0.2, 0.25) is 0 Å². The fraction of sp³-hybridized carbons (Fsp3) is 0.412. The molecule has 1 aromatic heterocycles. The third-order valence-corrected chi connectivity index (χ3v) is 4.28. The van der Waals surface area contributed by atoms with Gasteiger partial charge in [0.05, 0.1) is 13.2 Å². The zero-order valence-electron chi connectivity index (χ0n) is 12.4. The lowest BCUT2D eigenvalue weighted by molar-refractivity contribution is 0.352. The zero-order valence-corrected chi connectivity index (χ0v) is 13.9. The van der Waals surface area contributed by atoms with E-state index >= 15 is 0 Å². The van der Waals surface area contributed by atoms with Crippen LogP contribution < -0.4 is 10.1 Å². The maximum Gasteiger partial charge on any atom is 0.127 e. The van der Waals surface area contributed by atoms with E-state index in [1.54, 1.807) is 0 Å². The first-order valence-corrected chi connectivity index (χ1v) is 8.36. The lowest BCUT2D eigenvalue weighted by Crippen LogP contribution is -2.17. The molecule has 3 nitrogen and oxygen atoms in total. The Labute approximate surface area is 134 Å². The Kier molecular flexibility index (Phi) is 4.66. The number of nitrogens with one attached hydrogen (secondary N) is 1. The first kappa shape index (κ1) is 14.7. The minimum absolute atomic E-state index is 0.801. The molecule has 2 heterocycles. The van der Waals surface area contributed by atoms with Crippen LogP contribution in [0.5, 0.6) is 5.75 Å². The number of ether oxygens (including phenoxy) is 1. The van der Waals surface area contributed by atoms with Crippen LogP contribution >= 0.6 is 15.9 Å². The van der Waals surface area contributed by atoms with Crippen LogP contribution in [0.2, 0.25) is 0 Å². The van der Waals surface area contributed by atoms with Gasteiger partial charge in [-0.05, 0) is 42.8 Å². The number of fused-ring (bicyclic) bond motifs is 1. The maximum atomic E-state index is 5.82. The van der Waals surface area contributed by atoms with Gasteiger partial charge in [-0.25, -0.2) is 0 Å². The first-order chi connectivity index (χ1) is 10.3. The second-order valence-corrected chi connectivity index (χ2v) is 6.37. The van der Waals surface area contributed by atoms with Gasteiger partial charge in [0.1, 0.15) is 5.75 Å². The Morgan fingerprint density at radius 2 is 2.29 bits per heavy atom. The molecule has 21 heavy (non-hydrogen) atoms. The number of rotatable bonds is 6. The molecule has 1 N–H and O–H groups in total. The van der Waals surface area contributed by atoms with Crippen LogP contribution in [0.15, 0.2) is 34.9 Å². The summed E-state index contributed by atoms with van der Waals surface area (Å²) in [6.45, 7) is 5.82. The van der Waals surface area contributed by atoms with Gasteiger partial charge in [-0.1, -0.05) is 22.9 Å². The van der Waals surface area contributed by atoms with Crippen molar-refractivity contribution in [2.24, 2.45) is 0 Å². The second-order valence-electron chi connectivity index (χ2n) is 5.46. The molecule has 2 aromatic rings. The molecule has 0 unspecified atom stereocenters. The molecule has 0 aliphatic carbocycles. The fourth-order valence-electron chi connectivity index (χ4n) is 2.80. The largest absolute Gasteiger partial charge is 0.493 e. The molecule has 112 valence electrons. The molecule has 0 radical (unpaired) electrons. The minimum atomic E-state index is 0.801. The standard InChI is InChI=1S/C17H21BrN2O/c1-2-6-19-11-16-4-3-7-20(16)12-14-10-15(18)9-13-5-8-21-17(13)14/h3-4,7,9-10,19H,2,5-6,8,11-12H2,1H3. The second kappa shape index (κ2) is 6.67. The molecule has 0 fully saturated rings. The van der Waals surface area contributed by atoms with E-state index in [9.17, 15) is 0 Å². The number of aromatic nitrogens is 1. The molecule has 0 saturated carbocycles. The molecule has 0 amide bonds. The molecule has 0 bridgehead atoms. The third kappa shape index (κ3) is 3.33. The number of hydrogen-bond acceptors (Lipinski definition) is 2. The minimum Gasteiger partial charge on any atom is -0.493 e. The van der Waals surface area contributed by atoms with Gasteiger partial charge in [0.15, 0.2) is 0 Å². The fourth-order valence-corrected chi connectivity index (χ4v) is 3.36. The van der Waals surface area contributed by atoms with Gasteiger partial charge in [0, 0.05) is 34.9 Å². The number of hydrogen-bond donors (Lipinski definition) is 1. The van der Waals surface area contributed by atoms with Crippen LogP contribution in [0.1, 0.15) is 30.2 Å². The zero-order chi connectivity index (χ0) is 14.7. The highest BCUT2D eigenvalue weighted by Gasteiger charge is 2.18. The van der Waals surface area contributed by atoms with E-state index in [1.807, 2.05) is 0 Å². The average Bonchev–Trinajstić information content (AvgIpc) is 3.08. The van der Waals surface area contributed by atoms with Crippen molar-refractivity contribution in [3.8, 4) is 5.75 Å². The van der Waals surface area contributed by atoms with Crippen molar-refractivity contribution in [3.05, 3.63) is 51.8 Å². The van der Waals surface area contributed by atoms with Crippen molar-refractivity contribution in [2.75, 3.05) is 13.2 Å². The summed E-state index contributed by atoms with van der Waals surface area (Å²) < 4.78 is 9.26. The number of halogens is 1. The smallest absolute Gasteiger partial charge is 0.127 e. The number of nitrogens with zero attached hydrogens (tertiary/aromatic N) is 1. The Morgan fingerprint density at radius 1 is 1.38 bits per heavy atom. The molecule has 0 spiro atoms. The van der Waals surface area contributed by atoms with Crippen molar-refractivity contribution in [2.45, 2.75) is 32.9 Å². The van der Waals surface area contributed by atoms with Crippen LogP contribution in [0.4, 0.5) is 0 Å². The highest BCUT2D eigenvalue weighted by Crippen LogP contribution is 2.33. The van der Waals surface area contributed by atoms with Crippen LogP contribution in [0.3, 0.4) is 0 Å². The average molecular weight is 349 g/mol. The SMILES string of the molecule is CCCNCc1cccn1Cc1cc(Br)cc2c1OCC2. The summed E-state index contributed by atoms with van der Waals surface area (Å²) in [5.41, 5.74) is 3.89. The topological polar surface area (TPSA) is 26.2 Å². The van der Waals surface area contributed by atoms with Crippen LogP contribution in [-0.2, 0) is 19.5 Å². The highest BCUT2D eigenvalue weighted by molar-refractivity contribution is 9.10. The van der Waals surface area contributed by atoms with Gasteiger partial charge in [-0.15, -0.1) is 0 Å². The monoisotopic (exact) mass is 348 g/mol. The predicted octanol–water partition coefficient (Wildman–Crippen LogP) is 3.73. The summed E-state index contributed by atoms with van der Waals surface area (Å²) in [6, 6.07) is 8.64. The highest BCUT2D eigenvalue weighted by atomic mass is 79.9. The van der Waals surface area contributed by atoms with E-state index in [0.717, 1.165) is 49.3 Å². The van der Waals surface area contributed by atoms with E-state index in [2.05, 4.69) is 63.2 Å². The maximum absolute atomic E-state index is 5.82. The summed E-state index contributed by atoms with van der Waals surface area (Å²) in [6.07, 6.45) is 4.32. The van der Waals surface area contributed by atoms with Crippen LogP contribution in [0, 0.1) is 0 Å². The van der Waals surface area contributed by atoms with Gasteiger partial charge in [0.25, 0.3) is 0 Å². The molecule has 1 aliphatic heterocycles. The van der Waals surface area contributed by atoms with Crippen molar-refractivity contribution in [1.29, 1.82) is 0 Å². The quantitative estimate of drug-likeness (QED) is 0.805. The van der Waals surface area contributed by atoms with E-state index < -0.39 is 0 Å². The Hall–Kier alpha value is -1.26. The van der Waals surface area contributed by atoms with Crippen LogP contribution in [0.25, 0.3) is 0 Å². The Morgan fingerprint density at radius 3 is 3.14 bits per heavy atom. The lowest BCUT2D eigenvalue weighted by Gasteiger charge is -2.13. The van der Waals surface area contributed by atoms with E-state index in [4.69, 9.17) is 4.74 Å². The summed E-state index contributed by atoms with van der Waals surface area (Å²) >= 11 is 3.61. The van der Waals surface area contributed by atoms with Crippen molar-refractivity contribution >= 4 is 15.9 Å². The summed E-state index contributed by atoms with van der Waals surface area (Å²) in [7, 11) is 0. The van der Waals surface area contributed by atoms with Crippen molar-refractivity contribution < 1.29 is 4.74 Å². The number of benzene rings is 1. The Bertz CT molecular complexity index is 621. The Balaban J connectivity index is 1.80. The molecule has 4 heteroatoms. The van der Waals surface area contributed by atoms with Gasteiger partial charge >= 0.3 is 0 Å². The molecule has 0 saturated heterocycles. The predicted molar refractivity (Wildman–Crippen MR) is 88.9 cm³/mol. The first-order valence-electron chi connectivity index (χ1n) is 7.56. The van der Waals surface area contributed by atoms with E-state index in [-0.39, 0.29) is 0 Å². The van der Waals surface area contributed by atoms with Crippen molar-refractivity contribution in [1.82, 2.24) is 9.88 Å². The van der Waals surface area contributed by atoms with Crippen LogP contribution in [-0.4, -0.2) is 17.7 Å². The third-order valence-electron chi connectivity index (χ3n) is 3.82. The van der Waals surface area contributed by atoms with Gasteiger partial charge in [-0.3, -0.25) is 0 Å². The van der Waals surface area contributed by atoms with Crippen molar-refractivity contribution in [3.63, 3.8) is 0 Å². The molecule has 3 rings (SSSR count). The lowest BCUT2D eigenvalue weighted by atomic mass is 10.1. The normalized spacial score (nSPS) is 13.2. The summed E-state index contributed by atoms with van der Waals surface area (Å²) in [5, 5.41) is 3.47. The summed E-state index contributed by atoms with van der Waals surface area (Å²) in [4.78, 5) is 0. The molecular formula is C17H21BrN2O. The molecular weight excluding hydrogens is 328 g/mol.